The predicted octanol–water partition coefficient (Wildman–Crippen LogP) is 1.89. The first-order valence-electron chi connectivity index (χ1n) is 8.24. The number of hydrogen-bond acceptors (Lipinski definition) is 4. The maximum Gasteiger partial charge on any atom is 0.214 e. The van der Waals surface area contributed by atoms with Crippen LogP contribution in [0.3, 0.4) is 0 Å². The molecule has 0 saturated heterocycles. The lowest BCUT2D eigenvalue weighted by Crippen LogP contribution is -2.35. The Kier molecular flexibility index (Phi) is 2.98. The first-order valence-corrected chi connectivity index (χ1v) is 10.2. The van der Waals surface area contributed by atoms with E-state index in [2.05, 4.69) is 14.9 Å². The van der Waals surface area contributed by atoms with Crippen molar-refractivity contribution in [2.75, 3.05) is 0 Å². The third-order valence-electron chi connectivity index (χ3n) is 5.77. The number of halogens is 1. The normalized spacial score (nSPS) is 35.3. The summed E-state index contributed by atoms with van der Waals surface area (Å²) in [5.41, 5.74) is 0.622. The van der Waals surface area contributed by atoms with Crippen molar-refractivity contribution < 1.29 is 13.5 Å². The molecule has 2 aromatic rings. The SMILES string of the molecule is O=S(=O)(NC1[C@H]2CC(O)(c3cc(Cl)cc4[nH]ncc34)C[C@@H]12)C1CC1. The summed E-state index contributed by atoms with van der Waals surface area (Å²) < 4.78 is 27.0. The minimum atomic E-state index is -3.17. The summed E-state index contributed by atoms with van der Waals surface area (Å²) in [6.45, 7) is 0. The Balaban J connectivity index is 1.39. The fourth-order valence-corrected chi connectivity index (χ4v) is 6.22. The number of hydrogen-bond donors (Lipinski definition) is 3. The molecular formula is C16H18ClN3O3S. The van der Waals surface area contributed by atoms with Crippen LogP contribution in [-0.2, 0) is 15.6 Å². The van der Waals surface area contributed by atoms with E-state index in [1.54, 1.807) is 18.3 Å². The molecule has 0 spiro atoms. The molecule has 1 aromatic heterocycles. The molecule has 0 aliphatic heterocycles. The minimum Gasteiger partial charge on any atom is -0.385 e. The van der Waals surface area contributed by atoms with Crippen LogP contribution in [0.2, 0.25) is 5.02 Å². The Morgan fingerprint density at radius 2 is 2.00 bits per heavy atom. The van der Waals surface area contributed by atoms with Crippen molar-refractivity contribution in [3.8, 4) is 0 Å². The predicted molar refractivity (Wildman–Crippen MR) is 90.1 cm³/mol. The van der Waals surface area contributed by atoms with Gasteiger partial charge in [-0.05, 0) is 55.2 Å². The molecule has 6 nitrogen and oxygen atoms in total. The second-order valence-electron chi connectivity index (χ2n) is 7.44. The Morgan fingerprint density at radius 3 is 2.67 bits per heavy atom. The monoisotopic (exact) mass is 367 g/mol. The topological polar surface area (TPSA) is 95.1 Å². The Morgan fingerprint density at radius 1 is 1.29 bits per heavy atom. The molecule has 0 amide bonds. The lowest BCUT2D eigenvalue weighted by molar-refractivity contribution is 0.0303. The van der Waals surface area contributed by atoms with E-state index in [1.807, 2.05) is 0 Å². The van der Waals surface area contributed by atoms with E-state index >= 15 is 0 Å². The van der Waals surface area contributed by atoms with Gasteiger partial charge in [-0.1, -0.05) is 11.6 Å². The van der Waals surface area contributed by atoms with Crippen LogP contribution in [0, 0.1) is 11.8 Å². The number of aromatic amines is 1. The van der Waals surface area contributed by atoms with Gasteiger partial charge in [0.15, 0.2) is 0 Å². The number of aliphatic hydroxyl groups is 1. The molecule has 128 valence electrons. The van der Waals surface area contributed by atoms with Gasteiger partial charge in [-0.2, -0.15) is 5.10 Å². The van der Waals surface area contributed by atoms with Crippen LogP contribution < -0.4 is 4.72 Å². The van der Waals surface area contributed by atoms with Gasteiger partial charge in [-0.15, -0.1) is 0 Å². The summed E-state index contributed by atoms with van der Waals surface area (Å²) in [6, 6.07) is 3.57. The van der Waals surface area contributed by atoms with Crippen molar-refractivity contribution >= 4 is 32.5 Å². The molecule has 0 bridgehead atoms. The van der Waals surface area contributed by atoms with E-state index in [4.69, 9.17) is 11.6 Å². The standard InChI is InChI=1S/C16H18ClN3O3S/c17-8-3-13(12-7-18-19-14(12)4-8)16(21)5-10-11(6-16)15(10)20-24(22,23)9-1-2-9/h3-4,7,9-11,15,20-21H,1-2,5-6H2,(H,18,19)/t10-,11+,15?,16?. The number of benzene rings is 1. The van der Waals surface area contributed by atoms with Gasteiger partial charge in [0.05, 0.1) is 22.6 Å². The molecule has 8 heteroatoms. The van der Waals surface area contributed by atoms with Crippen LogP contribution in [0.15, 0.2) is 18.3 Å². The van der Waals surface area contributed by atoms with E-state index in [1.165, 1.54) is 0 Å². The van der Waals surface area contributed by atoms with Gasteiger partial charge in [-0.3, -0.25) is 5.10 Å². The molecule has 3 aliphatic carbocycles. The molecule has 5 rings (SSSR count). The van der Waals surface area contributed by atoms with Gasteiger partial charge < -0.3 is 5.11 Å². The van der Waals surface area contributed by atoms with Crippen LogP contribution in [0.5, 0.6) is 0 Å². The summed E-state index contributed by atoms with van der Waals surface area (Å²) in [5, 5.41) is 19.3. The number of fused-ring (bicyclic) bond motifs is 2. The summed E-state index contributed by atoms with van der Waals surface area (Å²) in [5.74, 6) is 0.397. The number of sulfonamides is 1. The first kappa shape index (κ1) is 15.1. The second kappa shape index (κ2) is 4.72. The maximum absolute atomic E-state index is 12.1. The molecule has 2 unspecified atom stereocenters. The van der Waals surface area contributed by atoms with Crippen molar-refractivity contribution in [1.82, 2.24) is 14.9 Å². The minimum absolute atomic E-state index is 0.0186. The molecule has 3 aliphatic rings. The van der Waals surface area contributed by atoms with Crippen LogP contribution in [0.25, 0.3) is 10.9 Å². The fourth-order valence-electron chi connectivity index (χ4n) is 4.32. The molecule has 24 heavy (non-hydrogen) atoms. The second-order valence-corrected chi connectivity index (χ2v) is 9.87. The number of nitrogens with one attached hydrogen (secondary N) is 2. The average Bonchev–Trinajstić information content (AvgIpc) is 3.37. The smallest absolute Gasteiger partial charge is 0.214 e. The van der Waals surface area contributed by atoms with Gasteiger partial charge in [-0.25, -0.2) is 13.1 Å². The Hall–Kier alpha value is -1.15. The molecule has 1 heterocycles. The van der Waals surface area contributed by atoms with Crippen molar-refractivity contribution in [3.63, 3.8) is 0 Å². The van der Waals surface area contributed by atoms with Crippen LogP contribution in [-0.4, -0.2) is 35.0 Å². The molecule has 4 atom stereocenters. The van der Waals surface area contributed by atoms with Gasteiger partial charge in [0, 0.05) is 16.5 Å². The highest BCUT2D eigenvalue weighted by atomic mass is 35.5. The van der Waals surface area contributed by atoms with Crippen molar-refractivity contribution in [3.05, 3.63) is 28.9 Å². The summed E-state index contributed by atoms with van der Waals surface area (Å²) in [4.78, 5) is 0. The van der Waals surface area contributed by atoms with Crippen LogP contribution in [0.4, 0.5) is 0 Å². The summed E-state index contributed by atoms with van der Waals surface area (Å²) in [6.07, 6.45) is 4.34. The number of nitrogens with zero attached hydrogens (tertiary/aromatic N) is 1. The van der Waals surface area contributed by atoms with Gasteiger partial charge in [0.2, 0.25) is 10.0 Å². The highest BCUT2D eigenvalue weighted by Crippen LogP contribution is 2.60. The number of aromatic nitrogens is 2. The first-order chi connectivity index (χ1) is 11.4. The lowest BCUT2D eigenvalue weighted by Gasteiger charge is -2.27. The molecule has 0 radical (unpaired) electrons. The highest BCUT2D eigenvalue weighted by molar-refractivity contribution is 7.90. The Bertz CT molecular complexity index is 925. The summed E-state index contributed by atoms with van der Waals surface area (Å²) >= 11 is 6.18. The maximum atomic E-state index is 12.1. The lowest BCUT2D eigenvalue weighted by atomic mass is 9.86. The van der Waals surface area contributed by atoms with E-state index in [0.717, 1.165) is 29.3 Å². The highest BCUT2D eigenvalue weighted by Gasteiger charge is 2.63. The zero-order valence-corrected chi connectivity index (χ0v) is 14.4. The van der Waals surface area contributed by atoms with E-state index in [0.29, 0.717) is 17.9 Å². The quantitative estimate of drug-likeness (QED) is 0.769. The Labute approximate surface area is 144 Å². The van der Waals surface area contributed by atoms with E-state index < -0.39 is 15.6 Å². The zero-order valence-electron chi connectivity index (χ0n) is 12.9. The van der Waals surface area contributed by atoms with Gasteiger partial charge in [0.1, 0.15) is 0 Å². The van der Waals surface area contributed by atoms with Gasteiger partial charge in [0.25, 0.3) is 0 Å². The zero-order chi connectivity index (χ0) is 16.7. The molecule has 1 aromatic carbocycles. The number of H-pyrrole nitrogens is 1. The van der Waals surface area contributed by atoms with Crippen molar-refractivity contribution in [2.45, 2.75) is 42.6 Å². The molecule has 3 fully saturated rings. The van der Waals surface area contributed by atoms with E-state index in [9.17, 15) is 13.5 Å². The molecule has 3 N–H and O–H groups in total. The van der Waals surface area contributed by atoms with Gasteiger partial charge >= 0.3 is 0 Å². The van der Waals surface area contributed by atoms with Crippen LogP contribution in [0.1, 0.15) is 31.2 Å². The van der Waals surface area contributed by atoms with E-state index in [-0.39, 0.29) is 23.1 Å². The number of rotatable bonds is 4. The van der Waals surface area contributed by atoms with Crippen molar-refractivity contribution in [1.29, 1.82) is 0 Å². The average molecular weight is 368 g/mol. The summed E-state index contributed by atoms with van der Waals surface area (Å²) in [7, 11) is -3.17. The molecular weight excluding hydrogens is 350 g/mol. The van der Waals surface area contributed by atoms with Crippen LogP contribution >= 0.6 is 11.6 Å². The molecule has 3 saturated carbocycles. The fraction of sp³-hybridized carbons (Fsp3) is 0.562. The third-order valence-corrected chi connectivity index (χ3v) is 7.93. The third kappa shape index (κ3) is 2.22. The van der Waals surface area contributed by atoms with Crippen molar-refractivity contribution in [2.24, 2.45) is 11.8 Å². The largest absolute Gasteiger partial charge is 0.385 e.